The number of anilines is 2. The highest BCUT2D eigenvalue weighted by molar-refractivity contribution is 5.95. The van der Waals surface area contributed by atoms with Gasteiger partial charge >= 0.3 is 0 Å². The van der Waals surface area contributed by atoms with E-state index in [1.54, 1.807) is 6.07 Å². The number of nitrogens with zero attached hydrogens (tertiary/aromatic N) is 3. The van der Waals surface area contributed by atoms with Gasteiger partial charge in [0.15, 0.2) is 0 Å². The van der Waals surface area contributed by atoms with Crippen molar-refractivity contribution in [3.63, 3.8) is 0 Å². The Balaban J connectivity index is 1.58. The van der Waals surface area contributed by atoms with Crippen LogP contribution >= 0.6 is 0 Å². The Morgan fingerprint density at radius 2 is 1.49 bits per heavy atom. The summed E-state index contributed by atoms with van der Waals surface area (Å²) >= 11 is 0. The highest BCUT2D eigenvalue weighted by atomic mass is 19.1. The number of carbonyl (C=O) groups excluding carboxylic acids is 2. The molecular formula is C32H39FN4O2. The maximum atomic E-state index is 13.3. The molecule has 1 fully saturated rings. The zero-order valence-corrected chi connectivity index (χ0v) is 23.3. The van der Waals surface area contributed by atoms with E-state index in [0.717, 1.165) is 49.4 Å². The first-order valence-corrected chi connectivity index (χ1v) is 13.7. The first-order valence-electron chi connectivity index (χ1n) is 13.7. The van der Waals surface area contributed by atoms with Crippen LogP contribution in [-0.2, 0) is 6.54 Å². The third-order valence-corrected chi connectivity index (χ3v) is 7.39. The van der Waals surface area contributed by atoms with Gasteiger partial charge in [0, 0.05) is 60.3 Å². The fourth-order valence-electron chi connectivity index (χ4n) is 5.54. The van der Waals surface area contributed by atoms with Crippen molar-refractivity contribution in [3.8, 4) is 0 Å². The third kappa shape index (κ3) is 6.84. The topological polar surface area (TPSA) is 69.9 Å². The van der Waals surface area contributed by atoms with Gasteiger partial charge in [-0.25, -0.2) is 4.39 Å². The average Bonchev–Trinajstić information content (AvgIpc) is 2.91. The van der Waals surface area contributed by atoms with Crippen LogP contribution in [0.4, 0.5) is 15.8 Å². The predicted octanol–water partition coefficient (Wildman–Crippen LogP) is 5.99. The number of piperidine rings is 1. The van der Waals surface area contributed by atoms with Crippen LogP contribution in [-0.4, -0.2) is 52.8 Å². The molecule has 39 heavy (non-hydrogen) atoms. The van der Waals surface area contributed by atoms with Gasteiger partial charge in [0.2, 0.25) is 5.91 Å². The minimum Gasteiger partial charge on any atom is -0.366 e. The lowest BCUT2D eigenvalue weighted by Gasteiger charge is -2.40. The van der Waals surface area contributed by atoms with E-state index >= 15 is 0 Å². The molecule has 1 aliphatic heterocycles. The van der Waals surface area contributed by atoms with E-state index in [4.69, 9.17) is 5.73 Å². The number of hydrogen-bond donors (Lipinski definition) is 1. The molecule has 0 bridgehead atoms. The first kappa shape index (κ1) is 28.3. The summed E-state index contributed by atoms with van der Waals surface area (Å²) in [6.07, 6.45) is 1.83. The van der Waals surface area contributed by atoms with Gasteiger partial charge in [-0.3, -0.25) is 14.5 Å². The first-order chi connectivity index (χ1) is 18.6. The molecule has 1 heterocycles. The largest absolute Gasteiger partial charge is 0.366 e. The summed E-state index contributed by atoms with van der Waals surface area (Å²) in [6.45, 7) is 10.7. The number of rotatable bonds is 9. The molecule has 2 amide bonds. The molecule has 3 aromatic carbocycles. The standard InChI is InChI=1S/C32H39FN4O2/c1-22(2)36(23(3)4)32(39)25-10-14-28(15-11-25)37(30-7-5-6-26(20-30)31(34)38)29-16-18-35(19-17-29)21-24-8-12-27(33)13-9-24/h5-15,20,22-23,29H,16-19,21H2,1-4H3,(H2,34,38). The zero-order chi connectivity index (χ0) is 28.1. The second-order valence-corrected chi connectivity index (χ2v) is 10.9. The van der Waals surface area contributed by atoms with Crippen LogP contribution in [0.5, 0.6) is 0 Å². The number of carbonyl (C=O) groups is 2. The van der Waals surface area contributed by atoms with Crippen LogP contribution in [0.1, 0.15) is 66.8 Å². The van der Waals surface area contributed by atoms with E-state index in [1.807, 2.05) is 87.2 Å². The number of amides is 2. The van der Waals surface area contributed by atoms with Crippen molar-refractivity contribution >= 4 is 23.2 Å². The van der Waals surface area contributed by atoms with Gasteiger partial charge in [0.05, 0.1) is 0 Å². The molecule has 6 nitrogen and oxygen atoms in total. The number of nitrogens with two attached hydrogens (primary N) is 1. The maximum Gasteiger partial charge on any atom is 0.254 e. The summed E-state index contributed by atoms with van der Waals surface area (Å²) < 4.78 is 13.3. The van der Waals surface area contributed by atoms with Gasteiger partial charge in [0.1, 0.15) is 5.82 Å². The lowest BCUT2D eigenvalue weighted by atomic mass is 9.99. The Kier molecular flexibility index (Phi) is 9.02. The molecule has 7 heteroatoms. The second-order valence-electron chi connectivity index (χ2n) is 10.9. The van der Waals surface area contributed by atoms with E-state index in [-0.39, 0.29) is 29.8 Å². The molecule has 206 valence electrons. The molecular weight excluding hydrogens is 491 g/mol. The number of likely N-dealkylation sites (tertiary alicyclic amines) is 1. The summed E-state index contributed by atoms with van der Waals surface area (Å²) in [6, 6.07) is 22.3. The van der Waals surface area contributed by atoms with Crippen LogP contribution in [0.15, 0.2) is 72.8 Å². The highest BCUT2D eigenvalue weighted by Gasteiger charge is 2.27. The molecule has 0 saturated carbocycles. The fraction of sp³-hybridized carbons (Fsp3) is 0.375. The third-order valence-electron chi connectivity index (χ3n) is 7.39. The van der Waals surface area contributed by atoms with Gasteiger partial charge in [0.25, 0.3) is 5.91 Å². The van der Waals surface area contributed by atoms with E-state index in [1.165, 1.54) is 12.1 Å². The van der Waals surface area contributed by atoms with Gasteiger partial charge in [-0.05, 0) is 101 Å². The lowest BCUT2D eigenvalue weighted by molar-refractivity contribution is 0.0643. The quantitative estimate of drug-likeness (QED) is 0.369. The summed E-state index contributed by atoms with van der Waals surface area (Å²) in [7, 11) is 0. The minimum absolute atomic E-state index is 0.0166. The van der Waals surface area contributed by atoms with Gasteiger partial charge in [-0.15, -0.1) is 0 Å². The smallest absolute Gasteiger partial charge is 0.254 e. The minimum atomic E-state index is -0.464. The molecule has 2 N–H and O–H groups in total. The summed E-state index contributed by atoms with van der Waals surface area (Å²) in [5.41, 5.74) is 9.67. The molecule has 1 aliphatic rings. The number of hydrogen-bond acceptors (Lipinski definition) is 4. The normalized spacial score (nSPS) is 14.5. The number of halogens is 1. The Morgan fingerprint density at radius 1 is 0.872 bits per heavy atom. The van der Waals surface area contributed by atoms with Crippen molar-refractivity contribution in [1.29, 1.82) is 0 Å². The molecule has 0 radical (unpaired) electrons. The highest BCUT2D eigenvalue weighted by Crippen LogP contribution is 2.33. The maximum absolute atomic E-state index is 13.3. The van der Waals surface area contributed by atoms with Gasteiger partial charge < -0.3 is 15.5 Å². The molecule has 0 unspecified atom stereocenters. The Morgan fingerprint density at radius 3 is 2.05 bits per heavy atom. The van der Waals surface area contributed by atoms with E-state index < -0.39 is 5.91 Å². The van der Waals surface area contributed by atoms with Crippen LogP contribution in [0, 0.1) is 5.82 Å². The summed E-state index contributed by atoms with van der Waals surface area (Å²) in [5.74, 6) is -0.669. The fourth-order valence-corrected chi connectivity index (χ4v) is 5.54. The van der Waals surface area contributed by atoms with Crippen LogP contribution in [0.25, 0.3) is 0 Å². The SMILES string of the molecule is CC(C)N(C(=O)c1ccc(N(c2cccc(C(N)=O)c2)C2CCN(Cc3ccc(F)cc3)CC2)cc1)C(C)C. The van der Waals surface area contributed by atoms with Crippen molar-refractivity contribution in [3.05, 3.63) is 95.3 Å². The van der Waals surface area contributed by atoms with Crippen molar-refractivity contribution < 1.29 is 14.0 Å². The molecule has 3 aromatic rings. The Labute approximate surface area is 231 Å². The zero-order valence-electron chi connectivity index (χ0n) is 23.3. The summed E-state index contributed by atoms with van der Waals surface area (Å²) in [5, 5.41) is 0. The molecule has 0 atom stereocenters. The molecule has 0 aliphatic carbocycles. The molecule has 0 spiro atoms. The lowest BCUT2D eigenvalue weighted by Crippen LogP contribution is -2.43. The average molecular weight is 531 g/mol. The predicted molar refractivity (Wildman–Crippen MR) is 155 cm³/mol. The second kappa shape index (κ2) is 12.4. The van der Waals surface area contributed by atoms with E-state index in [2.05, 4.69) is 9.80 Å². The molecule has 1 saturated heterocycles. The van der Waals surface area contributed by atoms with Crippen molar-refractivity contribution in [2.75, 3.05) is 18.0 Å². The van der Waals surface area contributed by atoms with Crippen molar-refractivity contribution in [2.45, 2.75) is 65.2 Å². The Hall–Kier alpha value is -3.71. The van der Waals surface area contributed by atoms with Gasteiger partial charge in [-0.1, -0.05) is 18.2 Å². The monoisotopic (exact) mass is 530 g/mol. The molecule has 0 aromatic heterocycles. The van der Waals surface area contributed by atoms with Crippen LogP contribution < -0.4 is 10.6 Å². The Bertz CT molecular complexity index is 1260. The van der Waals surface area contributed by atoms with Crippen molar-refractivity contribution in [1.82, 2.24) is 9.80 Å². The van der Waals surface area contributed by atoms with Gasteiger partial charge in [-0.2, -0.15) is 0 Å². The number of primary amides is 1. The van der Waals surface area contributed by atoms with Crippen LogP contribution in [0.3, 0.4) is 0 Å². The van der Waals surface area contributed by atoms with Crippen molar-refractivity contribution in [2.24, 2.45) is 5.73 Å². The van der Waals surface area contributed by atoms with E-state index in [9.17, 15) is 14.0 Å². The van der Waals surface area contributed by atoms with Crippen LogP contribution in [0.2, 0.25) is 0 Å². The number of benzene rings is 3. The summed E-state index contributed by atoms with van der Waals surface area (Å²) in [4.78, 5) is 31.7. The molecule has 4 rings (SSSR count). The van der Waals surface area contributed by atoms with E-state index in [0.29, 0.717) is 11.1 Å².